The molecule has 0 atom stereocenters. The van der Waals surface area contributed by atoms with Crippen LogP contribution in [0.4, 0.5) is 16.2 Å². The lowest BCUT2D eigenvalue weighted by molar-refractivity contribution is -0.121. The third kappa shape index (κ3) is 5.85. The van der Waals surface area contributed by atoms with Crippen molar-refractivity contribution in [3.05, 3.63) is 39.1 Å². The minimum absolute atomic E-state index is 0.403. The molecule has 2 aromatic rings. The third-order valence-electron chi connectivity index (χ3n) is 4.20. The molecule has 0 aliphatic carbocycles. The zero-order valence-corrected chi connectivity index (χ0v) is 19.1. The van der Waals surface area contributed by atoms with Crippen molar-refractivity contribution >= 4 is 62.2 Å². The predicted octanol–water partition coefficient (Wildman–Crippen LogP) is 5.20. The highest BCUT2D eigenvalue weighted by atomic mass is 79.9. The average Bonchev–Trinajstić information content (AvgIpc) is 3.06. The van der Waals surface area contributed by atoms with Crippen molar-refractivity contribution in [1.29, 1.82) is 0 Å². The van der Waals surface area contributed by atoms with Crippen molar-refractivity contribution < 1.29 is 19.2 Å². The summed E-state index contributed by atoms with van der Waals surface area (Å²) in [5.74, 6) is -0.403. The van der Waals surface area contributed by atoms with E-state index in [0.717, 1.165) is 28.9 Å². The summed E-state index contributed by atoms with van der Waals surface area (Å²) in [4.78, 5) is 30.4. The molecule has 1 aliphatic heterocycles. The normalized spacial score (nSPS) is 14.4. The fourth-order valence-corrected chi connectivity index (χ4v) is 4.11. The average molecular weight is 503 g/mol. The van der Waals surface area contributed by atoms with Crippen LogP contribution in [0.15, 0.2) is 34.1 Å². The van der Waals surface area contributed by atoms with E-state index in [1.807, 2.05) is 0 Å². The molecule has 0 unspecified atom stereocenters. The fourth-order valence-electron chi connectivity index (χ4n) is 2.64. The molecule has 2 N–H and O–H groups in total. The summed E-state index contributed by atoms with van der Waals surface area (Å²) in [6, 6.07) is 8.63. The van der Waals surface area contributed by atoms with Crippen LogP contribution in [0.3, 0.4) is 0 Å². The summed E-state index contributed by atoms with van der Waals surface area (Å²) in [5, 5.41) is 8.00. The van der Waals surface area contributed by atoms with Crippen LogP contribution in [0.5, 0.6) is 5.06 Å². The molecule has 1 fully saturated rings. The number of carbonyl (C=O) groups is 2. The van der Waals surface area contributed by atoms with Crippen molar-refractivity contribution in [2.45, 2.75) is 32.2 Å². The monoisotopic (exact) mass is 501 g/mol. The molecular weight excluding hydrogens is 482 g/mol. The first-order valence-corrected chi connectivity index (χ1v) is 11.0. The fraction of sp³-hybridized carbons (Fsp3) is 0.368. The lowest BCUT2D eigenvalue weighted by Gasteiger charge is -2.29. The van der Waals surface area contributed by atoms with Gasteiger partial charge in [0.25, 0.3) is 0 Å². The Morgan fingerprint density at radius 2 is 2.07 bits per heavy atom. The van der Waals surface area contributed by atoms with Crippen molar-refractivity contribution in [1.82, 2.24) is 5.32 Å². The van der Waals surface area contributed by atoms with Gasteiger partial charge in [-0.1, -0.05) is 22.9 Å². The molecule has 29 heavy (non-hydrogen) atoms. The van der Waals surface area contributed by atoms with Crippen LogP contribution in [0.1, 0.15) is 26.7 Å². The first-order chi connectivity index (χ1) is 13.7. The maximum absolute atomic E-state index is 12.7. The van der Waals surface area contributed by atoms with Gasteiger partial charge in [0.2, 0.25) is 5.91 Å². The number of nitrogens with one attached hydrogen (secondary N) is 2. The topological polar surface area (TPSA) is 79.9 Å². The van der Waals surface area contributed by atoms with Crippen LogP contribution in [0, 0.1) is 0 Å². The molecule has 0 bridgehead atoms. The second kappa shape index (κ2) is 9.34. The number of halogens is 2. The largest absolute Gasteiger partial charge is 0.414 e. The molecule has 0 saturated carbocycles. The third-order valence-corrected chi connectivity index (χ3v) is 6.01. The Labute approximate surface area is 186 Å². The second-order valence-electron chi connectivity index (χ2n) is 6.96. The van der Waals surface area contributed by atoms with Crippen LogP contribution in [-0.4, -0.2) is 30.7 Å². The maximum Gasteiger partial charge on any atom is 0.414 e. The molecule has 10 heteroatoms. The van der Waals surface area contributed by atoms with Gasteiger partial charge in [-0.15, -0.1) is 0 Å². The Morgan fingerprint density at radius 3 is 2.69 bits per heavy atom. The molecule has 3 rings (SSSR count). The van der Waals surface area contributed by atoms with E-state index in [0.29, 0.717) is 22.4 Å². The maximum atomic E-state index is 12.7. The number of amides is 2. The van der Waals surface area contributed by atoms with Gasteiger partial charge in [-0.25, -0.2) is 4.79 Å². The summed E-state index contributed by atoms with van der Waals surface area (Å²) in [5.41, 5.74) is 0.0748. The van der Waals surface area contributed by atoms with Gasteiger partial charge in [0, 0.05) is 12.2 Å². The number of ether oxygens (including phenoxy) is 1. The Hall–Kier alpha value is -1.81. The number of hydroxylamine groups is 1. The van der Waals surface area contributed by atoms with Gasteiger partial charge in [0.1, 0.15) is 5.54 Å². The number of hydrogen-bond donors (Lipinski definition) is 2. The van der Waals surface area contributed by atoms with Crippen LogP contribution < -0.4 is 20.4 Å². The van der Waals surface area contributed by atoms with E-state index >= 15 is 0 Å². The number of thiophene rings is 1. The number of anilines is 2. The van der Waals surface area contributed by atoms with E-state index in [1.165, 1.54) is 11.3 Å². The number of benzene rings is 1. The summed E-state index contributed by atoms with van der Waals surface area (Å²) >= 11 is 10.9. The van der Waals surface area contributed by atoms with Crippen molar-refractivity contribution in [3.8, 4) is 5.06 Å². The Kier molecular flexibility index (Phi) is 7.05. The number of nitrogens with zero attached hydrogens (tertiary/aromatic N) is 1. The van der Waals surface area contributed by atoms with E-state index < -0.39 is 17.5 Å². The van der Waals surface area contributed by atoms with Crippen LogP contribution in [0.2, 0.25) is 5.02 Å². The highest BCUT2D eigenvalue weighted by molar-refractivity contribution is 9.11. The van der Waals surface area contributed by atoms with Crippen molar-refractivity contribution in [2.24, 2.45) is 0 Å². The molecular formula is C19H21BrClN3O4S. The smallest absolute Gasteiger partial charge is 0.399 e. The minimum Gasteiger partial charge on any atom is -0.399 e. The molecule has 0 spiro atoms. The predicted molar refractivity (Wildman–Crippen MR) is 118 cm³/mol. The van der Waals surface area contributed by atoms with Crippen LogP contribution >= 0.6 is 38.9 Å². The molecule has 1 aromatic heterocycles. The summed E-state index contributed by atoms with van der Waals surface area (Å²) in [7, 11) is 0. The number of carbonyl (C=O) groups excluding carboxylic acids is 2. The number of rotatable bonds is 5. The first-order valence-electron chi connectivity index (χ1n) is 9.01. The molecule has 2 amide bonds. The molecule has 1 aromatic carbocycles. The standard InChI is InChI=1S/C19H21BrClN3O4S/c1-19(2,23-18(26)28-16-8-7-15(20)29-16)17(25)22-12-5-6-14(13(21)11-12)24-9-3-4-10-27-24/h5-8,11H,3-4,9-10H2,1-2H3,(H,22,25)(H,23,26). The van der Waals surface area contributed by atoms with E-state index in [2.05, 4.69) is 26.6 Å². The summed E-state index contributed by atoms with van der Waals surface area (Å²) in [6.45, 7) is 4.61. The quantitative estimate of drug-likeness (QED) is 0.587. The molecule has 2 heterocycles. The molecule has 1 saturated heterocycles. The zero-order valence-electron chi connectivity index (χ0n) is 16.0. The Bertz CT molecular complexity index is 899. The van der Waals surface area contributed by atoms with Gasteiger partial charge in [-0.05, 0) is 73.0 Å². The van der Waals surface area contributed by atoms with E-state index in [-0.39, 0.29) is 0 Å². The number of hydrogen-bond acceptors (Lipinski definition) is 6. The highest BCUT2D eigenvalue weighted by Gasteiger charge is 2.31. The van der Waals surface area contributed by atoms with Gasteiger partial charge >= 0.3 is 6.09 Å². The van der Waals surface area contributed by atoms with Gasteiger partial charge in [-0.3, -0.25) is 14.7 Å². The Morgan fingerprint density at radius 1 is 1.28 bits per heavy atom. The molecule has 7 nitrogen and oxygen atoms in total. The van der Waals surface area contributed by atoms with E-state index in [9.17, 15) is 9.59 Å². The Balaban J connectivity index is 1.60. The molecule has 1 aliphatic rings. The molecule has 156 valence electrons. The van der Waals surface area contributed by atoms with Gasteiger partial charge in [0.15, 0.2) is 5.06 Å². The van der Waals surface area contributed by atoms with Gasteiger partial charge in [0.05, 0.1) is 21.1 Å². The van der Waals surface area contributed by atoms with Gasteiger partial charge < -0.3 is 15.4 Å². The summed E-state index contributed by atoms with van der Waals surface area (Å²) < 4.78 is 6.03. The second-order valence-corrected chi connectivity index (χ2v) is 9.79. The lowest BCUT2D eigenvalue weighted by atomic mass is 10.0. The van der Waals surface area contributed by atoms with E-state index in [4.69, 9.17) is 21.2 Å². The van der Waals surface area contributed by atoms with Crippen molar-refractivity contribution in [2.75, 3.05) is 23.5 Å². The van der Waals surface area contributed by atoms with Crippen LogP contribution in [-0.2, 0) is 9.63 Å². The van der Waals surface area contributed by atoms with Gasteiger partial charge in [-0.2, -0.15) is 0 Å². The van der Waals surface area contributed by atoms with E-state index in [1.54, 1.807) is 49.2 Å². The highest BCUT2D eigenvalue weighted by Crippen LogP contribution is 2.31. The first kappa shape index (κ1) is 21.9. The summed E-state index contributed by atoms with van der Waals surface area (Å²) in [6.07, 6.45) is 1.35. The SMILES string of the molecule is CC(C)(NC(=O)Oc1ccc(Br)s1)C(=O)Nc1ccc(N2CCCCO2)c(Cl)c1. The lowest BCUT2D eigenvalue weighted by Crippen LogP contribution is -2.53. The van der Waals surface area contributed by atoms with Crippen LogP contribution in [0.25, 0.3) is 0 Å². The molecule has 0 radical (unpaired) electrons. The van der Waals surface area contributed by atoms with Crippen molar-refractivity contribution in [3.63, 3.8) is 0 Å². The zero-order chi connectivity index (χ0) is 21.0. The minimum atomic E-state index is -1.20.